The van der Waals surface area contributed by atoms with Crippen LogP contribution in [0.15, 0.2) is 53.7 Å². The van der Waals surface area contributed by atoms with Gasteiger partial charge in [-0.2, -0.15) is 5.01 Å². The van der Waals surface area contributed by atoms with Crippen LogP contribution in [0.25, 0.3) is 6.08 Å². The van der Waals surface area contributed by atoms with Gasteiger partial charge in [0.05, 0.1) is 10.5 Å². The highest BCUT2D eigenvalue weighted by Gasteiger charge is 2.33. The number of thiocarbonyl (C=S) groups is 1. The van der Waals surface area contributed by atoms with Crippen molar-refractivity contribution in [1.82, 2.24) is 15.4 Å². The molecule has 2 amide bonds. The second-order valence-corrected chi connectivity index (χ2v) is 6.86. The zero-order chi connectivity index (χ0) is 17.1. The Morgan fingerprint density at radius 3 is 2.71 bits per heavy atom. The maximum Gasteiger partial charge on any atom is 0.285 e. The highest BCUT2D eigenvalue weighted by Crippen LogP contribution is 2.31. The molecule has 1 aromatic heterocycles. The van der Waals surface area contributed by atoms with E-state index in [1.54, 1.807) is 48.7 Å². The fourth-order valence-electron chi connectivity index (χ4n) is 1.94. The molecular formula is C16H10ClN3O2S2. The highest BCUT2D eigenvalue weighted by atomic mass is 35.5. The van der Waals surface area contributed by atoms with Crippen molar-refractivity contribution in [2.75, 3.05) is 0 Å². The number of rotatable bonds is 3. The standard InChI is InChI=1S/C16H10ClN3O2S2/c17-12-5-3-10(4-6-12)8-13-15(22)20(16(23)24-13)19-14(21)11-2-1-7-18-9-11/h1-9H,(H,19,21)/b13-8-. The van der Waals surface area contributed by atoms with E-state index >= 15 is 0 Å². The number of nitrogens with zero attached hydrogens (tertiary/aromatic N) is 2. The van der Waals surface area contributed by atoms with Crippen molar-refractivity contribution in [2.24, 2.45) is 0 Å². The molecule has 1 aromatic carbocycles. The first-order valence-electron chi connectivity index (χ1n) is 6.79. The zero-order valence-electron chi connectivity index (χ0n) is 12.1. The Morgan fingerprint density at radius 1 is 1.29 bits per heavy atom. The third kappa shape index (κ3) is 3.64. The van der Waals surface area contributed by atoms with Gasteiger partial charge in [0.15, 0.2) is 4.32 Å². The molecule has 2 aromatic rings. The molecule has 0 saturated carbocycles. The summed E-state index contributed by atoms with van der Waals surface area (Å²) in [6, 6.07) is 10.3. The lowest BCUT2D eigenvalue weighted by Crippen LogP contribution is -2.44. The van der Waals surface area contributed by atoms with Crippen molar-refractivity contribution in [3.8, 4) is 0 Å². The molecule has 5 nitrogen and oxygen atoms in total. The van der Waals surface area contributed by atoms with E-state index in [1.165, 1.54) is 6.20 Å². The topological polar surface area (TPSA) is 62.3 Å². The lowest BCUT2D eigenvalue weighted by atomic mass is 10.2. The predicted molar refractivity (Wildman–Crippen MR) is 98.2 cm³/mol. The molecule has 120 valence electrons. The van der Waals surface area contributed by atoms with Crippen LogP contribution in [-0.2, 0) is 4.79 Å². The molecule has 0 atom stereocenters. The van der Waals surface area contributed by atoms with Crippen molar-refractivity contribution < 1.29 is 9.59 Å². The van der Waals surface area contributed by atoms with E-state index in [1.807, 2.05) is 0 Å². The van der Waals surface area contributed by atoms with Crippen LogP contribution in [0.3, 0.4) is 0 Å². The maximum absolute atomic E-state index is 12.4. The van der Waals surface area contributed by atoms with Gasteiger partial charge in [0.1, 0.15) is 0 Å². The number of carbonyl (C=O) groups excluding carboxylic acids is 2. The van der Waals surface area contributed by atoms with Gasteiger partial charge in [-0.1, -0.05) is 35.5 Å². The molecule has 0 bridgehead atoms. The largest absolute Gasteiger partial charge is 0.285 e. The van der Waals surface area contributed by atoms with Crippen LogP contribution < -0.4 is 5.43 Å². The minimum Gasteiger partial charge on any atom is -0.267 e. The Labute approximate surface area is 152 Å². The highest BCUT2D eigenvalue weighted by molar-refractivity contribution is 8.26. The Hall–Kier alpha value is -2.22. The molecule has 1 aliphatic rings. The number of carbonyl (C=O) groups is 2. The summed E-state index contributed by atoms with van der Waals surface area (Å²) in [7, 11) is 0. The molecule has 1 N–H and O–H groups in total. The van der Waals surface area contributed by atoms with E-state index in [0.717, 1.165) is 22.3 Å². The first kappa shape index (κ1) is 16.6. The molecule has 0 radical (unpaired) electrons. The van der Waals surface area contributed by atoms with Crippen LogP contribution in [0.4, 0.5) is 0 Å². The van der Waals surface area contributed by atoms with E-state index in [0.29, 0.717) is 15.5 Å². The molecule has 3 rings (SSSR count). The van der Waals surface area contributed by atoms with Crippen LogP contribution in [0.1, 0.15) is 15.9 Å². The number of hydrogen-bond acceptors (Lipinski definition) is 5. The number of amides is 2. The summed E-state index contributed by atoms with van der Waals surface area (Å²) < 4.78 is 0.262. The molecule has 1 saturated heterocycles. The van der Waals surface area contributed by atoms with E-state index in [9.17, 15) is 9.59 Å². The molecule has 0 unspecified atom stereocenters. The molecule has 8 heteroatoms. The normalized spacial score (nSPS) is 15.9. The van der Waals surface area contributed by atoms with Gasteiger partial charge in [-0.25, -0.2) is 0 Å². The molecule has 1 aliphatic heterocycles. The van der Waals surface area contributed by atoms with Crippen molar-refractivity contribution in [1.29, 1.82) is 0 Å². The van der Waals surface area contributed by atoms with E-state index in [4.69, 9.17) is 23.8 Å². The fourth-order valence-corrected chi connectivity index (χ4v) is 3.24. The Kier molecular flexibility index (Phi) is 4.94. The average molecular weight is 376 g/mol. The van der Waals surface area contributed by atoms with Crippen molar-refractivity contribution in [3.05, 3.63) is 69.8 Å². The van der Waals surface area contributed by atoms with Crippen molar-refractivity contribution in [3.63, 3.8) is 0 Å². The second kappa shape index (κ2) is 7.12. The van der Waals surface area contributed by atoms with E-state index < -0.39 is 5.91 Å². The molecular weight excluding hydrogens is 366 g/mol. The predicted octanol–water partition coefficient (Wildman–Crippen LogP) is 3.28. The van der Waals surface area contributed by atoms with Gasteiger partial charge in [0.2, 0.25) is 0 Å². The van der Waals surface area contributed by atoms with Gasteiger partial charge in [-0.05, 0) is 48.1 Å². The van der Waals surface area contributed by atoms with Gasteiger partial charge < -0.3 is 0 Å². The van der Waals surface area contributed by atoms with Gasteiger partial charge >= 0.3 is 0 Å². The van der Waals surface area contributed by atoms with Crippen molar-refractivity contribution in [2.45, 2.75) is 0 Å². The quantitative estimate of drug-likeness (QED) is 0.659. The van der Waals surface area contributed by atoms with Gasteiger partial charge in [0.25, 0.3) is 11.8 Å². The summed E-state index contributed by atoms with van der Waals surface area (Å²) in [5, 5.41) is 1.68. The minimum atomic E-state index is -0.452. The number of thioether (sulfide) groups is 1. The average Bonchev–Trinajstić information content (AvgIpc) is 2.85. The Bertz CT molecular complexity index is 838. The van der Waals surface area contributed by atoms with E-state index in [2.05, 4.69) is 10.4 Å². The van der Waals surface area contributed by atoms with Crippen molar-refractivity contribution >= 4 is 57.8 Å². The third-order valence-corrected chi connectivity index (χ3v) is 4.65. The second-order valence-electron chi connectivity index (χ2n) is 4.75. The molecule has 24 heavy (non-hydrogen) atoms. The van der Waals surface area contributed by atoms with Gasteiger partial charge in [-0.3, -0.25) is 20.0 Å². The first-order valence-corrected chi connectivity index (χ1v) is 8.39. The number of benzene rings is 1. The molecule has 0 spiro atoms. The Balaban J connectivity index is 1.77. The van der Waals surface area contributed by atoms with Crippen LogP contribution in [0.2, 0.25) is 5.02 Å². The van der Waals surface area contributed by atoms with Crippen LogP contribution in [0, 0.1) is 0 Å². The number of pyridine rings is 1. The number of nitrogens with one attached hydrogen (secondary N) is 1. The lowest BCUT2D eigenvalue weighted by molar-refractivity contribution is -0.123. The summed E-state index contributed by atoms with van der Waals surface area (Å²) >= 11 is 12.1. The lowest BCUT2D eigenvalue weighted by Gasteiger charge is -2.15. The van der Waals surface area contributed by atoms with Crippen LogP contribution >= 0.6 is 35.6 Å². The summed E-state index contributed by atoms with van der Waals surface area (Å²) in [6.45, 7) is 0. The number of hydrogen-bond donors (Lipinski definition) is 1. The zero-order valence-corrected chi connectivity index (χ0v) is 14.5. The van der Waals surface area contributed by atoms with Gasteiger partial charge in [-0.15, -0.1) is 0 Å². The SMILES string of the molecule is O=C(NN1C(=O)/C(=C/c2ccc(Cl)cc2)SC1=S)c1cccnc1. The number of hydrazine groups is 1. The fraction of sp³-hybridized carbons (Fsp3) is 0. The summed E-state index contributed by atoms with van der Waals surface area (Å²) in [6.07, 6.45) is 4.67. The molecule has 2 heterocycles. The summed E-state index contributed by atoms with van der Waals surface area (Å²) in [5.74, 6) is -0.829. The molecule has 0 aliphatic carbocycles. The maximum atomic E-state index is 12.4. The molecule has 1 fully saturated rings. The van der Waals surface area contributed by atoms with Crippen LogP contribution in [0.5, 0.6) is 0 Å². The minimum absolute atomic E-state index is 0.262. The van der Waals surface area contributed by atoms with Gasteiger partial charge in [0, 0.05) is 17.4 Å². The number of halogens is 1. The van der Waals surface area contributed by atoms with E-state index in [-0.39, 0.29) is 10.2 Å². The summed E-state index contributed by atoms with van der Waals surface area (Å²) in [5.41, 5.74) is 3.66. The van der Waals surface area contributed by atoms with Crippen LogP contribution in [-0.4, -0.2) is 26.1 Å². The third-order valence-electron chi connectivity index (χ3n) is 3.10. The first-order chi connectivity index (χ1) is 11.5. The number of aromatic nitrogens is 1. The summed E-state index contributed by atoms with van der Waals surface area (Å²) in [4.78, 5) is 28.9. The Morgan fingerprint density at radius 2 is 2.04 bits per heavy atom. The monoisotopic (exact) mass is 375 g/mol. The smallest absolute Gasteiger partial charge is 0.267 e.